The lowest BCUT2D eigenvalue weighted by Gasteiger charge is -2.11. The van der Waals surface area contributed by atoms with E-state index in [1.54, 1.807) is 18.2 Å². The van der Waals surface area contributed by atoms with Gasteiger partial charge in [0.1, 0.15) is 5.56 Å². The number of carbonyl (C=O) groups is 1. The predicted octanol–water partition coefficient (Wildman–Crippen LogP) is 5.07. The van der Waals surface area contributed by atoms with E-state index in [0.717, 1.165) is 22.6 Å². The van der Waals surface area contributed by atoms with E-state index in [2.05, 4.69) is 10.5 Å². The number of nitro benzene ring substituents is 1. The van der Waals surface area contributed by atoms with Crippen molar-refractivity contribution in [2.75, 3.05) is 0 Å². The van der Waals surface area contributed by atoms with E-state index < -0.39 is 10.8 Å². The first-order valence-corrected chi connectivity index (χ1v) is 9.26. The Morgan fingerprint density at radius 2 is 1.90 bits per heavy atom. The zero-order valence-corrected chi connectivity index (χ0v) is 17.0. The summed E-state index contributed by atoms with van der Waals surface area (Å²) < 4.78 is 1.95. The summed E-state index contributed by atoms with van der Waals surface area (Å²) >= 11 is 12.3. The van der Waals surface area contributed by atoms with Crippen molar-refractivity contribution in [3.05, 3.63) is 91.2 Å². The van der Waals surface area contributed by atoms with Crippen LogP contribution in [0.5, 0.6) is 0 Å². The number of benzene rings is 2. The molecule has 3 aromatic rings. The number of aromatic nitrogens is 1. The molecule has 0 radical (unpaired) electrons. The van der Waals surface area contributed by atoms with Crippen molar-refractivity contribution < 1.29 is 9.72 Å². The quantitative estimate of drug-likeness (QED) is 0.347. The Bertz CT molecular complexity index is 1140. The number of nitrogens with one attached hydrogen (secondary N) is 1. The zero-order chi connectivity index (χ0) is 21.1. The van der Waals surface area contributed by atoms with Gasteiger partial charge in [0.25, 0.3) is 11.6 Å². The molecule has 7 nitrogen and oxygen atoms in total. The molecular formula is C20H16Cl2N4O3. The lowest BCUT2D eigenvalue weighted by molar-refractivity contribution is -0.385. The predicted molar refractivity (Wildman–Crippen MR) is 113 cm³/mol. The second-order valence-corrected chi connectivity index (χ2v) is 7.07. The molecule has 9 heteroatoms. The van der Waals surface area contributed by atoms with Crippen LogP contribution in [0, 0.1) is 24.0 Å². The number of nitrogens with zero attached hydrogens (tertiary/aromatic N) is 3. The van der Waals surface area contributed by atoms with E-state index in [-0.39, 0.29) is 11.3 Å². The molecule has 2 aromatic carbocycles. The number of halogens is 2. The third-order valence-corrected chi connectivity index (χ3v) is 4.87. The summed E-state index contributed by atoms with van der Waals surface area (Å²) in [5.41, 5.74) is 5.29. The molecule has 0 spiro atoms. The Morgan fingerprint density at radius 1 is 1.17 bits per heavy atom. The van der Waals surface area contributed by atoms with Gasteiger partial charge in [0.2, 0.25) is 0 Å². The fourth-order valence-corrected chi connectivity index (χ4v) is 3.49. The van der Waals surface area contributed by atoms with Crippen LogP contribution in [0.2, 0.25) is 10.0 Å². The first-order chi connectivity index (χ1) is 13.8. The molecular weight excluding hydrogens is 415 g/mol. The van der Waals surface area contributed by atoms with Crippen LogP contribution in [0.15, 0.2) is 53.6 Å². The summed E-state index contributed by atoms with van der Waals surface area (Å²) in [6, 6.07) is 12.8. The fourth-order valence-electron chi connectivity index (χ4n) is 3.00. The molecule has 1 aromatic heterocycles. The standard InChI is InChI=1S/C20H16Cl2N4O3/c1-12-9-14(13(2)25(12)19-8-7-15(21)10-17(19)22)11-23-24-20(27)16-5-3-4-6-18(16)26(28)29/h3-11H,1-2H3,(H,24,27)/b23-11-. The van der Waals surface area contributed by atoms with Gasteiger partial charge in [-0.15, -0.1) is 0 Å². The number of aryl methyl sites for hydroxylation is 1. The number of hydrogen-bond acceptors (Lipinski definition) is 4. The first kappa shape index (κ1) is 20.6. The molecule has 148 valence electrons. The minimum absolute atomic E-state index is 0.0620. The number of hydrogen-bond donors (Lipinski definition) is 1. The SMILES string of the molecule is Cc1cc(/C=N\NC(=O)c2ccccc2[N+](=O)[O-])c(C)n1-c1ccc(Cl)cc1Cl. The van der Waals surface area contributed by atoms with E-state index in [1.165, 1.54) is 24.4 Å². The molecule has 3 rings (SSSR count). The number of nitro groups is 1. The van der Waals surface area contributed by atoms with Crippen molar-refractivity contribution in [2.45, 2.75) is 13.8 Å². The van der Waals surface area contributed by atoms with E-state index in [0.29, 0.717) is 10.0 Å². The molecule has 29 heavy (non-hydrogen) atoms. The van der Waals surface area contributed by atoms with Crippen molar-refractivity contribution in [3.8, 4) is 5.69 Å². The van der Waals surface area contributed by atoms with Crippen LogP contribution >= 0.6 is 23.2 Å². The second kappa shape index (κ2) is 8.46. The summed E-state index contributed by atoms with van der Waals surface area (Å²) in [4.78, 5) is 22.7. The Balaban J connectivity index is 1.84. The largest absolute Gasteiger partial charge is 0.316 e. The lowest BCUT2D eigenvalue weighted by atomic mass is 10.2. The highest BCUT2D eigenvalue weighted by atomic mass is 35.5. The van der Waals surface area contributed by atoms with E-state index in [4.69, 9.17) is 23.2 Å². The maximum absolute atomic E-state index is 12.3. The van der Waals surface area contributed by atoms with Gasteiger partial charge in [-0.05, 0) is 44.2 Å². The van der Waals surface area contributed by atoms with Crippen molar-refractivity contribution >= 4 is 41.0 Å². The molecule has 0 unspecified atom stereocenters. The van der Waals surface area contributed by atoms with Crippen LogP contribution in [-0.4, -0.2) is 21.6 Å². The summed E-state index contributed by atoms with van der Waals surface area (Å²) in [5, 5.41) is 16.1. The Kier molecular flexibility index (Phi) is 6.00. The van der Waals surface area contributed by atoms with E-state index >= 15 is 0 Å². The van der Waals surface area contributed by atoms with Crippen LogP contribution in [-0.2, 0) is 0 Å². The number of carbonyl (C=O) groups excluding carboxylic acids is 1. The third-order valence-electron chi connectivity index (χ3n) is 4.34. The summed E-state index contributed by atoms with van der Waals surface area (Å²) in [6.45, 7) is 3.81. The molecule has 1 heterocycles. The van der Waals surface area contributed by atoms with Gasteiger partial charge in [0, 0.05) is 28.0 Å². The van der Waals surface area contributed by atoms with Gasteiger partial charge in [0.05, 0.1) is 21.8 Å². The van der Waals surface area contributed by atoms with E-state index in [9.17, 15) is 14.9 Å². The molecule has 0 fully saturated rings. The Labute approximate surface area is 176 Å². The van der Waals surface area contributed by atoms with Crippen molar-refractivity contribution in [1.82, 2.24) is 9.99 Å². The van der Waals surface area contributed by atoms with Gasteiger partial charge in [-0.1, -0.05) is 35.3 Å². The van der Waals surface area contributed by atoms with Crippen molar-refractivity contribution in [3.63, 3.8) is 0 Å². The molecule has 0 aliphatic heterocycles. The van der Waals surface area contributed by atoms with Crippen LogP contribution in [0.4, 0.5) is 5.69 Å². The van der Waals surface area contributed by atoms with Crippen LogP contribution in [0.25, 0.3) is 5.69 Å². The molecule has 0 saturated heterocycles. The minimum Gasteiger partial charge on any atom is -0.316 e. The van der Waals surface area contributed by atoms with Gasteiger partial charge in [0.15, 0.2) is 0 Å². The number of amides is 1. The van der Waals surface area contributed by atoms with Crippen LogP contribution < -0.4 is 5.43 Å². The topological polar surface area (TPSA) is 89.5 Å². The minimum atomic E-state index is -0.664. The lowest BCUT2D eigenvalue weighted by Crippen LogP contribution is -2.19. The van der Waals surface area contributed by atoms with Gasteiger partial charge in [-0.2, -0.15) is 5.10 Å². The first-order valence-electron chi connectivity index (χ1n) is 8.50. The number of para-hydroxylation sites is 1. The number of hydrazone groups is 1. The average Bonchev–Trinajstić information content (AvgIpc) is 2.95. The van der Waals surface area contributed by atoms with Crippen LogP contribution in [0.3, 0.4) is 0 Å². The molecule has 1 N–H and O–H groups in total. The molecule has 0 aliphatic carbocycles. The van der Waals surface area contributed by atoms with Crippen molar-refractivity contribution in [1.29, 1.82) is 0 Å². The smallest absolute Gasteiger partial charge is 0.282 e. The highest BCUT2D eigenvalue weighted by Crippen LogP contribution is 2.28. The molecule has 0 aliphatic rings. The molecule has 0 atom stereocenters. The molecule has 1 amide bonds. The Hall–Kier alpha value is -3.16. The third kappa shape index (κ3) is 4.31. The van der Waals surface area contributed by atoms with Gasteiger partial charge < -0.3 is 4.57 Å². The van der Waals surface area contributed by atoms with Crippen molar-refractivity contribution in [2.24, 2.45) is 5.10 Å². The maximum Gasteiger partial charge on any atom is 0.282 e. The number of rotatable bonds is 5. The van der Waals surface area contributed by atoms with Gasteiger partial charge >= 0.3 is 0 Å². The highest BCUT2D eigenvalue weighted by Gasteiger charge is 2.18. The summed E-state index contributed by atoms with van der Waals surface area (Å²) in [7, 11) is 0. The monoisotopic (exact) mass is 430 g/mol. The van der Waals surface area contributed by atoms with Gasteiger partial charge in [-0.3, -0.25) is 14.9 Å². The van der Waals surface area contributed by atoms with E-state index in [1.807, 2.05) is 30.5 Å². The summed E-state index contributed by atoms with van der Waals surface area (Å²) in [6.07, 6.45) is 1.48. The van der Waals surface area contributed by atoms with Crippen LogP contribution in [0.1, 0.15) is 27.3 Å². The molecule has 0 bridgehead atoms. The fraction of sp³-hybridized carbons (Fsp3) is 0.100. The normalized spacial score (nSPS) is 11.0. The summed E-state index contributed by atoms with van der Waals surface area (Å²) in [5.74, 6) is -0.664. The zero-order valence-electron chi connectivity index (χ0n) is 15.5. The Morgan fingerprint density at radius 3 is 2.59 bits per heavy atom. The second-order valence-electron chi connectivity index (χ2n) is 6.23. The molecule has 0 saturated carbocycles. The maximum atomic E-state index is 12.3. The highest BCUT2D eigenvalue weighted by molar-refractivity contribution is 6.35. The van der Waals surface area contributed by atoms with Gasteiger partial charge in [-0.25, -0.2) is 5.43 Å². The average molecular weight is 431 g/mol.